The van der Waals surface area contributed by atoms with Crippen molar-refractivity contribution in [1.82, 2.24) is 15.1 Å². The third-order valence-electron chi connectivity index (χ3n) is 6.04. The first kappa shape index (κ1) is 23.7. The minimum Gasteiger partial charge on any atom is -0.461 e. The van der Waals surface area contributed by atoms with E-state index in [-0.39, 0.29) is 17.9 Å². The summed E-state index contributed by atoms with van der Waals surface area (Å²) in [6.07, 6.45) is 2.95. The zero-order valence-electron chi connectivity index (χ0n) is 18.9. The molecule has 0 unspecified atom stereocenters. The van der Waals surface area contributed by atoms with Gasteiger partial charge in [0.2, 0.25) is 0 Å². The van der Waals surface area contributed by atoms with Crippen LogP contribution in [0.15, 0.2) is 24.3 Å². The van der Waals surface area contributed by atoms with Gasteiger partial charge in [-0.3, -0.25) is 9.48 Å². The van der Waals surface area contributed by atoms with Gasteiger partial charge in [-0.25, -0.2) is 4.79 Å². The number of aromatic nitrogens is 2. The van der Waals surface area contributed by atoms with Gasteiger partial charge in [0.05, 0.1) is 47.7 Å². The highest BCUT2D eigenvalue weighted by molar-refractivity contribution is 6.30. The zero-order valence-corrected chi connectivity index (χ0v) is 19.7. The van der Waals surface area contributed by atoms with E-state index in [9.17, 15) is 9.59 Å². The van der Waals surface area contributed by atoms with Gasteiger partial charge < -0.3 is 19.5 Å². The van der Waals surface area contributed by atoms with Crippen LogP contribution in [0.3, 0.4) is 0 Å². The van der Waals surface area contributed by atoms with Crippen LogP contribution in [0, 0.1) is 5.41 Å². The minimum atomic E-state index is -0.400. The van der Waals surface area contributed by atoms with Gasteiger partial charge in [0.25, 0.3) is 5.91 Å². The van der Waals surface area contributed by atoms with Gasteiger partial charge in [-0.1, -0.05) is 18.5 Å². The lowest BCUT2D eigenvalue weighted by atomic mass is 9.86. The summed E-state index contributed by atoms with van der Waals surface area (Å²) in [5.74, 6) is -0.480. The maximum Gasteiger partial charge on any atom is 0.338 e. The lowest BCUT2D eigenvalue weighted by Gasteiger charge is -2.40. The fourth-order valence-corrected chi connectivity index (χ4v) is 4.30. The van der Waals surface area contributed by atoms with E-state index in [1.807, 2.05) is 11.6 Å². The molecule has 0 bridgehead atoms. The summed E-state index contributed by atoms with van der Waals surface area (Å²) in [5, 5.41) is 8.36. The largest absolute Gasteiger partial charge is 0.461 e. The first-order chi connectivity index (χ1) is 16.0. The van der Waals surface area contributed by atoms with Crippen molar-refractivity contribution in [2.45, 2.75) is 39.2 Å². The number of rotatable bonds is 6. The number of benzene rings is 1. The second kappa shape index (κ2) is 10.7. The highest BCUT2D eigenvalue weighted by Crippen LogP contribution is 2.32. The van der Waals surface area contributed by atoms with Crippen molar-refractivity contribution in [3.05, 3.63) is 51.8 Å². The van der Waals surface area contributed by atoms with Crippen LogP contribution < -0.4 is 5.32 Å². The number of nitrogens with zero attached hydrogens (tertiary/aromatic N) is 2. The standard InChI is InChI=1S/C24H30ClN3O5/c1-2-19-21-20(5-3-11-31-12-4-10-26-22(21)29)28(27-19)13-24(14-32-15-24)16-33-23(30)17-6-8-18(25)9-7-17/h6-9H,2-5,10-16H2,1H3,(H,26,29). The molecule has 9 heteroatoms. The topological polar surface area (TPSA) is 91.7 Å². The maximum atomic E-state index is 13.0. The Bertz CT molecular complexity index is 985. The van der Waals surface area contributed by atoms with Crippen molar-refractivity contribution >= 4 is 23.5 Å². The van der Waals surface area contributed by atoms with Crippen LogP contribution in [0.5, 0.6) is 0 Å². The first-order valence-electron chi connectivity index (χ1n) is 11.5. The van der Waals surface area contributed by atoms with E-state index >= 15 is 0 Å². The minimum absolute atomic E-state index is 0.0805. The molecule has 2 aromatic rings. The first-order valence-corrected chi connectivity index (χ1v) is 11.8. The van der Waals surface area contributed by atoms with Crippen LogP contribution in [0.4, 0.5) is 0 Å². The maximum absolute atomic E-state index is 13.0. The quantitative estimate of drug-likeness (QED) is 0.645. The van der Waals surface area contributed by atoms with E-state index in [1.165, 1.54) is 0 Å². The highest BCUT2D eigenvalue weighted by Gasteiger charge is 2.42. The molecule has 1 amide bonds. The molecular formula is C24H30ClN3O5. The lowest BCUT2D eigenvalue weighted by molar-refractivity contribution is -0.148. The van der Waals surface area contributed by atoms with Crippen molar-refractivity contribution in [2.24, 2.45) is 5.41 Å². The Morgan fingerprint density at radius 3 is 2.67 bits per heavy atom. The molecule has 1 aromatic heterocycles. The summed E-state index contributed by atoms with van der Waals surface area (Å²) in [6.45, 7) is 5.52. The number of aryl methyl sites for hydroxylation is 1. The summed E-state index contributed by atoms with van der Waals surface area (Å²) in [6, 6.07) is 6.62. The lowest BCUT2D eigenvalue weighted by Crippen LogP contribution is -2.50. The number of ether oxygens (including phenoxy) is 3. The normalized spacial score (nSPS) is 18.4. The molecule has 0 atom stereocenters. The summed E-state index contributed by atoms with van der Waals surface area (Å²) >= 11 is 5.91. The van der Waals surface area contributed by atoms with Gasteiger partial charge in [-0.2, -0.15) is 5.10 Å². The number of carbonyl (C=O) groups excluding carboxylic acids is 2. The van der Waals surface area contributed by atoms with E-state index < -0.39 is 5.97 Å². The molecule has 1 N–H and O–H groups in total. The van der Waals surface area contributed by atoms with Crippen LogP contribution in [0.1, 0.15) is 51.9 Å². The smallest absolute Gasteiger partial charge is 0.338 e. The molecule has 1 saturated heterocycles. The van der Waals surface area contributed by atoms with Gasteiger partial charge in [0, 0.05) is 24.8 Å². The predicted octanol–water partition coefficient (Wildman–Crippen LogP) is 3.06. The molecule has 33 heavy (non-hydrogen) atoms. The van der Waals surface area contributed by atoms with Gasteiger partial charge in [-0.15, -0.1) is 0 Å². The fraction of sp³-hybridized carbons (Fsp3) is 0.542. The Balaban J connectivity index is 1.53. The van der Waals surface area contributed by atoms with Crippen LogP contribution in [0.25, 0.3) is 0 Å². The predicted molar refractivity (Wildman–Crippen MR) is 123 cm³/mol. The van der Waals surface area contributed by atoms with Crippen LogP contribution in [-0.4, -0.2) is 61.2 Å². The Morgan fingerprint density at radius 1 is 1.21 bits per heavy atom. The number of hydrogen-bond acceptors (Lipinski definition) is 6. The van der Waals surface area contributed by atoms with E-state index in [1.54, 1.807) is 24.3 Å². The molecule has 1 fully saturated rings. The molecule has 1 aromatic carbocycles. The molecular weight excluding hydrogens is 446 g/mol. The Hall–Kier alpha value is -2.42. The molecule has 0 aliphatic carbocycles. The Kier molecular flexibility index (Phi) is 7.67. The zero-order chi connectivity index (χ0) is 23.3. The van der Waals surface area contributed by atoms with Crippen molar-refractivity contribution in [2.75, 3.05) is 39.6 Å². The summed E-state index contributed by atoms with van der Waals surface area (Å²) < 4.78 is 18.7. The average molecular weight is 476 g/mol. The van der Waals surface area contributed by atoms with Crippen molar-refractivity contribution in [1.29, 1.82) is 0 Å². The van der Waals surface area contributed by atoms with Crippen molar-refractivity contribution in [3.8, 4) is 0 Å². The van der Waals surface area contributed by atoms with Crippen molar-refractivity contribution < 1.29 is 23.8 Å². The molecule has 4 rings (SSSR count). The van der Waals surface area contributed by atoms with Crippen LogP contribution in [-0.2, 0) is 33.6 Å². The van der Waals surface area contributed by atoms with Gasteiger partial charge in [0.15, 0.2) is 0 Å². The summed E-state index contributed by atoms with van der Waals surface area (Å²) in [5.41, 5.74) is 2.44. The van der Waals surface area contributed by atoms with Gasteiger partial charge >= 0.3 is 5.97 Å². The highest BCUT2D eigenvalue weighted by atomic mass is 35.5. The molecule has 8 nitrogen and oxygen atoms in total. The molecule has 2 aliphatic heterocycles. The molecule has 0 spiro atoms. The summed E-state index contributed by atoms with van der Waals surface area (Å²) in [4.78, 5) is 25.5. The van der Waals surface area contributed by atoms with E-state index in [2.05, 4.69) is 5.32 Å². The second-order valence-corrected chi connectivity index (χ2v) is 9.12. The molecule has 3 heterocycles. The van der Waals surface area contributed by atoms with Crippen LogP contribution >= 0.6 is 11.6 Å². The Labute approximate surface area is 198 Å². The third-order valence-corrected chi connectivity index (χ3v) is 6.29. The van der Waals surface area contributed by atoms with E-state index in [0.717, 1.165) is 24.2 Å². The van der Waals surface area contributed by atoms with E-state index in [0.29, 0.717) is 68.5 Å². The molecule has 0 radical (unpaired) electrons. The Morgan fingerprint density at radius 2 is 1.97 bits per heavy atom. The molecule has 178 valence electrons. The number of amides is 1. The SMILES string of the molecule is CCc1nn(CC2(COC(=O)c3ccc(Cl)cc3)COC2)c2c1C(=O)NCCCOCCC2. The van der Waals surface area contributed by atoms with Crippen LogP contribution in [0.2, 0.25) is 5.02 Å². The number of hydrogen-bond donors (Lipinski definition) is 1. The average Bonchev–Trinajstić information content (AvgIpc) is 3.12. The third kappa shape index (κ3) is 5.57. The van der Waals surface area contributed by atoms with Crippen molar-refractivity contribution in [3.63, 3.8) is 0 Å². The fourth-order valence-electron chi connectivity index (χ4n) is 4.17. The van der Waals surface area contributed by atoms with Gasteiger partial charge in [0.1, 0.15) is 6.61 Å². The number of nitrogens with one attached hydrogen (secondary N) is 1. The van der Waals surface area contributed by atoms with E-state index in [4.69, 9.17) is 30.9 Å². The summed E-state index contributed by atoms with van der Waals surface area (Å²) in [7, 11) is 0. The number of esters is 1. The number of fused-ring (bicyclic) bond motifs is 1. The molecule has 0 saturated carbocycles. The molecule has 2 aliphatic rings. The van der Waals surface area contributed by atoms with Gasteiger partial charge in [-0.05, 0) is 49.9 Å². The number of carbonyl (C=O) groups is 2. The second-order valence-electron chi connectivity index (χ2n) is 8.68. The number of halogens is 1. The monoisotopic (exact) mass is 475 g/mol.